The van der Waals surface area contributed by atoms with Crippen LogP contribution in [0.3, 0.4) is 0 Å². The number of likely N-dealkylation sites (tertiary alicyclic amines) is 1. The summed E-state index contributed by atoms with van der Waals surface area (Å²) in [7, 11) is 3.14. The van der Waals surface area contributed by atoms with Crippen molar-refractivity contribution < 1.29 is 19.4 Å². The number of halogens is 2. The topological polar surface area (TPSA) is 135 Å². The highest BCUT2D eigenvalue weighted by Gasteiger charge is 2.23. The number of aliphatic hydroxyl groups is 1. The molecule has 2 aliphatic heterocycles. The number of benzene rings is 2. The van der Waals surface area contributed by atoms with E-state index in [1.807, 2.05) is 36.4 Å². The Balaban J connectivity index is 1.23. The smallest absolute Gasteiger partial charge is 0.237 e. The first-order valence-electron chi connectivity index (χ1n) is 15.6. The summed E-state index contributed by atoms with van der Waals surface area (Å²) in [5.74, 6) is 0.910. The van der Waals surface area contributed by atoms with Crippen molar-refractivity contribution in [1.29, 1.82) is 0 Å². The van der Waals surface area contributed by atoms with Gasteiger partial charge in [-0.2, -0.15) is 0 Å². The van der Waals surface area contributed by atoms with Crippen molar-refractivity contribution >= 4 is 29.1 Å². The Labute approximate surface area is 283 Å². The van der Waals surface area contributed by atoms with Crippen molar-refractivity contribution in [1.82, 2.24) is 35.5 Å². The van der Waals surface area contributed by atoms with Crippen LogP contribution in [0.25, 0.3) is 33.6 Å². The summed E-state index contributed by atoms with van der Waals surface area (Å²) in [5.41, 5.74) is 5.35. The monoisotopic (exact) mass is 677 g/mol. The van der Waals surface area contributed by atoms with Gasteiger partial charge in [-0.3, -0.25) is 19.7 Å². The molecule has 3 N–H and O–H groups in total. The van der Waals surface area contributed by atoms with E-state index in [2.05, 4.69) is 20.5 Å². The number of rotatable bonds is 11. The summed E-state index contributed by atoms with van der Waals surface area (Å²) < 4.78 is 11.2. The Morgan fingerprint density at radius 1 is 0.872 bits per heavy atom. The van der Waals surface area contributed by atoms with Gasteiger partial charge in [-0.15, -0.1) is 0 Å². The number of ether oxygens (including phenoxy) is 2. The van der Waals surface area contributed by atoms with Gasteiger partial charge in [0, 0.05) is 67.4 Å². The fourth-order valence-corrected chi connectivity index (χ4v) is 6.62. The molecule has 0 spiro atoms. The van der Waals surface area contributed by atoms with Gasteiger partial charge in [0.05, 0.1) is 54.2 Å². The average Bonchev–Trinajstić information content (AvgIpc) is 3.51. The molecule has 6 rings (SSSR count). The maximum atomic E-state index is 11.5. The molecule has 2 aromatic carbocycles. The maximum absolute atomic E-state index is 11.5. The molecule has 4 heterocycles. The van der Waals surface area contributed by atoms with E-state index in [4.69, 9.17) is 47.6 Å². The van der Waals surface area contributed by atoms with E-state index < -0.39 is 0 Å². The van der Waals surface area contributed by atoms with Crippen LogP contribution in [0.2, 0.25) is 10.0 Å². The summed E-state index contributed by atoms with van der Waals surface area (Å²) >= 11 is 14.1. The van der Waals surface area contributed by atoms with Crippen molar-refractivity contribution in [3.8, 4) is 45.4 Å². The molecule has 47 heavy (non-hydrogen) atoms. The van der Waals surface area contributed by atoms with E-state index in [-0.39, 0.29) is 18.1 Å². The summed E-state index contributed by atoms with van der Waals surface area (Å²) in [6, 6.07) is 11.5. The lowest BCUT2D eigenvalue weighted by atomic mass is 9.98. The van der Waals surface area contributed by atoms with Gasteiger partial charge in [0.15, 0.2) is 0 Å². The van der Waals surface area contributed by atoms with Crippen molar-refractivity contribution in [3.05, 3.63) is 70.2 Å². The molecule has 1 atom stereocenters. The molecule has 0 bridgehead atoms. The molecule has 246 valence electrons. The zero-order valence-electron chi connectivity index (χ0n) is 26.3. The Morgan fingerprint density at radius 2 is 1.43 bits per heavy atom. The summed E-state index contributed by atoms with van der Waals surface area (Å²) in [6.07, 6.45) is 6.00. The second kappa shape index (κ2) is 14.9. The van der Waals surface area contributed by atoms with Crippen LogP contribution in [0.5, 0.6) is 11.8 Å². The van der Waals surface area contributed by atoms with Crippen LogP contribution in [0.1, 0.15) is 37.1 Å². The number of aliphatic hydroxyl groups excluding tert-OH is 1. The molecular weight excluding hydrogens is 641 g/mol. The second-order valence-electron chi connectivity index (χ2n) is 11.7. The number of nitrogens with zero attached hydrogens (tertiary/aromatic N) is 5. The lowest BCUT2D eigenvalue weighted by Gasteiger charge is -2.29. The molecule has 1 amide bonds. The summed E-state index contributed by atoms with van der Waals surface area (Å²) in [4.78, 5) is 32.5. The number of piperidine rings is 1. The predicted molar refractivity (Wildman–Crippen MR) is 180 cm³/mol. The first-order chi connectivity index (χ1) is 22.8. The van der Waals surface area contributed by atoms with E-state index in [0.29, 0.717) is 76.1 Å². The standard InChI is InChI=1S/C34H37Cl2N7O4/c1-46-33-28(16-37-15-20-9-10-30(45)40-20)38-17-26(41-33)24-7-3-5-22(31(24)35)23-6-4-8-25(32(23)36)27-18-39-29(34(42-27)47-2)19-43-13-11-21(44)12-14-43/h3-8,17-18,20-21,37,44H,9-16,19H2,1-2H3,(H,40,45)/t20-/m0/s1. The molecule has 4 aromatic rings. The molecule has 13 heteroatoms. The first-order valence-corrected chi connectivity index (χ1v) is 16.4. The molecule has 2 saturated heterocycles. The van der Waals surface area contributed by atoms with Gasteiger partial charge in [-0.1, -0.05) is 59.6 Å². The van der Waals surface area contributed by atoms with Crippen LogP contribution in [0.4, 0.5) is 0 Å². The van der Waals surface area contributed by atoms with Crippen molar-refractivity contribution in [2.24, 2.45) is 0 Å². The van der Waals surface area contributed by atoms with Gasteiger partial charge < -0.3 is 25.2 Å². The van der Waals surface area contributed by atoms with Crippen LogP contribution < -0.4 is 20.1 Å². The predicted octanol–water partition coefficient (Wildman–Crippen LogP) is 4.92. The number of aromatic nitrogens is 4. The van der Waals surface area contributed by atoms with E-state index in [1.165, 1.54) is 0 Å². The van der Waals surface area contributed by atoms with Crippen LogP contribution in [-0.4, -0.2) is 81.8 Å². The van der Waals surface area contributed by atoms with E-state index in [9.17, 15) is 9.90 Å². The highest BCUT2D eigenvalue weighted by Crippen LogP contribution is 2.42. The van der Waals surface area contributed by atoms with Gasteiger partial charge in [-0.05, 0) is 19.3 Å². The first kappa shape index (κ1) is 33.0. The van der Waals surface area contributed by atoms with Gasteiger partial charge >= 0.3 is 0 Å². The highest BCUT2D eigenvalue weighted by atomic mass is 35.5. The Bertz CT molecular complexity index is 1750. The Kier molecular flexibility index (Phi) is 10.5. The number of nitrogens with one attached hydrogen (secondary N) is 2. The summed E-state index contributed by atoms with van der Waals surface area (Å²) in [5, 5.41) is 17.1. The number of hydrogen-bond donors (Lipinski definition) is 3. The van der Waals surface area contributed by atoms with Gasteiger partial charge in [0.1, 0.15) is 11.4 Å². The molecule has 0 radical (unpaired) electrons. The zero-order valence-corrected chi connectivity index (χ0v) is 27.8. The average molecular weight is 679 g/mol. The lowest BCUT2D eigenvalue weighted by Crippen LogP contribution is -2.35. The quantitative estimate of drug-likeness (QED) is 0.201. The van der Waals surface area contributed by atoms with Crippen molar-refractivity contribution in [2.75, 3.05) is 33.9 Å². The number of amides is 1. The minimum absolute atomic E-state index is 0.0835. The molecule has 2 aromatic heterocycles. The molecular formula is C34H37Cl2N7O4. The van der Waals surface area contributed by atoms with Crippen molar-refractivity contribution in [3.63, 3.8) is 0 Å². The Morgan fingerprint density at radius 3 is 1.98 bits per heavy atom. The zero-order chi connectivity index (χ0) is 32.9. The van der Waals surface area contributed by atoms with E-state index in [0.717, 1.165) is 49.2 Å². The number of carbonyl (C=O) groups is 1. The summed E-state index contributed by atoms with van der Waals surface area (Å²) in [6.45, 7) is 3.26. The fourth-order valence-electron chi connectivity index (χ4n) is 5.97. The third-order valence-corrected chi connectivity index (χ3v) is 9.36. The highest BCUT2D eigenvalue weighted by molar-refractivity contribution is 6.39. The molecule has 0 unspecified atom stereocenters. The normalized spacial score (nSPS) is 17.1. The van der Waals surface area contributed by atoms with Crippen LogP contribution in [-0.2, 0) is 17.9 Å². The number of carbonyl (C=O) groups excluding carboxylic acids is 1. The van der Waals surface area contributed by atoms with Crippen LogP contribution in [0.15, 0.2) is 48.8 Å². The van der Waals surface area contributed by atoms with E-state index in [1.54, 1.807) is 26.6 Å². The molecule has 2 aliphatic rings. The van der Waals surface area contributed by atoms with Crippen molar-refractivity contribution in [2.45, 2.75) is 50.9 Å². The fraction of sp³-hybridized carbons (Fsp3) is 0.382. The van der Waals surface area contributed by atoms with Gasteiger partial charge in [0.25, 0.3) is 0 Å². The van der Waals surface area contributed by atoms with E-state index >= 15 is 0 Å². The number of hydrogen-bond acceptors (Lipinski definition) is 10. The molecule has 0 aliphatic carbocycles. The molecule has 0 saturated carbocycles. The minimum Gasteiger partial charge on any atom is -0.480 e. The SMILES string of the molecule is COc1nc(-c2cccc(-c3cccc(-c4cnc(CN5CCC(O)CC5)c(OC)n4)c3Cl)c2Cl)cnc1CNC[C@@H]1CCC(=O)N1. The Hall–Kier alpha value is -3.87. The molecule has 11 nitrogen and oxygen atoms in total. The van der Waals surface area contributed by atoms with Crippen LogP contribution in [0, 0.1) is 0 Å². The van der Waals surface area contributed by atoms with Crippen LogP contribution >= 0.6 is 23.2 Å². The van der Waals surface area contributed by atoms with Gasteiger partial charge in [-0.25, -0.2) is 9.97 Å². The van der Waals surface area contributed by atoms with Gasteiger partial charge in [0.2, 0.25) is 17.7 Å². The lowest BCUT2D eigenvalue weighted by molar-refractivity contribution is -0.119. The third kappa shape index (κ3) is 7.50. The largest absolute Gasteiger partial charge is 0.480 e. The number of methoxy groups -OCH3 is 2. The second-order valence-corrected chi connectivity index (χ2v) is 12.5. The third-order valence-electron chi connectivity index (χ3n) is 8.55. The minimum atomic E-state index is -0.242. The molecule has 2 fully saturated rings. The maximum Gasteiger partial charge on any atom is 0.237 e.